The number of esters is 1. The second-order valence-corrected chi connectivity index (χ2v) is 9.69. The fraction of sp³-hybridized carbons (Fsp3) is 0.818. The fourth-order valence-electron chi connectivity index (χ4n) is 3.83. The van der Waals surface area contributed by atoms with Gasteiger partial charge in [0.05, 0.1) is 5.92 Å². The predicted octanol–water partition coefficient (Wildman–Crippen LogP) is 2.19. The van der Waals surface area contributed by atoms with Crippen molar-refractivity contribution in [2.75, 3.05) is 19.6 Å². The largest absolute Gasteiger partial charge is 0.444 e. The van der Waals surface area contributed by atoms with Gasteiger partial charge >= 0.3 is 12.1 Å². The minimum absolute atomic E-state index is 0.0847. The van der Waals surface area contributed by atoms with Gasteiger partial charge in [0.2, 0.25) is 11.8 Å². The van der Waals surface area contributed by atoms with Crippen LogP contribution in [-0.2, 0) is 23.9 Å². The molecule has 2 heterocycles. The Morgan fingerprint density at radius 2 is 1.84 bits per heavy atom. The van der Waals surface area contributed by atoms with Crippen LogP contribution >= 0.6 is 0 Å². The number of hydrogen-bond acceptors (Lipinski definition) is 6. The molecular weight excluding hydrogens is 402 g/mol. The van der Waals surface area contributed by atoms with Crippen molar-refractivity contribution in [3.8, 4) is 0 Å². The van der Waals surface area contributed by atoms with Crippen molar-refractivity contribution in [3.63, 3.8) is 0 Å². The van der Waals surface area contributed by atoms with Crippen molar-refractivity contribution in [2.24, 2.45) is 17.8 Å². The first kappa shape index (κ1) is 24.9. The summed E-state index contributed by atoms with van der Waals surface area (Å²) in [5, 5.41) is 5.33. The Morgan fingerprint density at radius 1 is 1.19 bits per heavy atom. The van der Waals surface area contributed by atoms with Gasteiger partial charge in [-0.3, -0.25) is 14.4 Å². The maximum absolute atomic E-state index is 12.3. The van der Waals surface area contributed by atoms with Crippen molar-refractivity contribution in [1.82, 2.24) is 15.5 Å². The quantitative estimate of drug-likeness (QED) is 0.588. The molecule has 0 aromatic rings. The van der Waals surface area contributed by atoms with Gasteiger partial charge in [-0.1, -0.05) is 6.92 Å². The molecule has 31 heavy (non-hydrogen) atoms. The van der Waals surface area contributed by atoms with Crippen molar-refractivity contribution in [1.29, 1.82) is 0 Å². The fourth-order valence-corrected chi connectivity index (χ4v) is 3.83. The van der Waals surface area contributed by atoms with Crippen LogP contribution in [0.25, 0.3) is 0 Å². The number of carbonyl (C=O) groups excluding carboxylic acids is 4. The van der Waals surface area contributed by atoms with E-state index in [1.807, 2.05) is 20.8 Å². The molecule has 0 aliphatic carbocycles. The van der Waals surface area contributed by atoms with Gasteiger partial charge in [-0.15, -0.1) is 0 Å². The van der Waals surface area contributed by atoms with Gasteiger partial charge in [-0.25, -0.2) is 4.79 Å². The van der Waals surface area contributed by atoms with Crippen LogP contribution in [0.2, 0.25) is 0 Å². The Balaban J connectivity index is 1.69. The molecule has 2 saturated heterocycles. The van der Waals surface area contributed by atoms with Crippen LogP contribution in [0.4, 0.5) is 4.79 Å². The SMILES string of the molecule is CC(=O)NCC(C)C(=O)OC1C[C@@H](CCC2CCN(C(=O)OC(C)(C)C)CC2)C(=O)N1. The Kier molecular flexibility index (Phi) is 8.70. The highest BCUT2D eigenvalue weighted by Crippen LogP contribution is 2.28. The number of piperidine rings is 1. The van der Waals surface area contributed by atoms with Crippen LogP contribution in [0.15, 0.2) is 0 Å². The molecule has 2 unspecified atom stereocenters. The van der Waals surface area contributed by atoms with E-state index in [4.69, 9.17) is 9.47 Å². The van der Waals surface area contributed by atoms with E-state index >= 15 is 0 Å². The van der Waals surface area contributed by atoms with Gasteiger partial charge in [-0.2, -0.15) is 0 Å². The topological polar surface area (TPSA) is 114 Å². The molecule has 9 nitrogen and oxygen atoms in total. The van der Waals surface area contributed by atoms with E-state index in [1.54, 1.807) is 11.8 Å². The number of carbonyl (C=O) groups is 4. The number of nitrogens with one attached hydrogen (secondary N) is 2. The molecule has 2 fully saturated rings. The van der Waals surface area contributed by atoms with Crippen LogP contribution in [0.5, 0.6) is 0 Å². The number of hydrogen-bond donors (Lipinski definition) is 2. The minimum atomic E-state index is -0.612. The lowest BCUT2D eigenvalue weighted by Gasteiger charge is -2.33. The summed E-state index contributed by atoms with van der Waals surface area (Å²) in [4.78, 5) is 49.3. The molecule has 2 rings (SSSR count). The number of likely N-dealkylation sites (tertiary alicyclic amines) is 1. The van der Waals surface area contributed by atoms with Crippen LogP contribution in [0.3, 0.4) is 0 Å². The molecule has 0 aromatic carbocycles. The summed E-state index contributed by atoms with van der Waals surface area (Å²) < 4.78 is 10.8. The first-order valence-corrected chi connectivity index (χ1v) is 11.2. The number of amides is 3. The summed E-state index contributed by atoms with van der Waals surface area (Å²) in [6.45, 7) is 10.2. The molecule has 3 atom stereocenters. The Labute approximate surface area is 184 Å². The van der Waals surface area contributed by atoms with Gasteiger partial charge in [0.15, 0.2) is 6.23 Å². The summed E-state index contributed by atoms with van der Waals surface area (Å²) in [7, 11) is 0. The normalized spacial score (nSPS) is 23.1. The molecule has 2 N–H and O–H groups in total. The molecule has 2 aliphatic rings. The molecule has 0 saturated carbocycles. The van der Waals surface area contributed by atoms with Crippen LogP contribution in [0.1, 0.15) is 66.7 Å². The second kappa shape index (κ2) is 10.8. The summed E-state index contributed by atoms with van der Waals surface area (Å²) in [6.07, 6.45) is 3.02. The maximum atomic E-state index is 12.3. The first-order chi connectivity index (χ1) is 14.4. The highest BCUT2D eigenvalue weighted by molar-refractivity contribution is 5.82. The monoisotopic (exact) mass is 439 g/mol. The third-order valence-electron chi connectivity index (χ3n) is 5.68. The lowest BCUT2D eigenvalue weighted by molar-refractivity contribution is -0.154. The van der Waals surface area contributed by atoms with Gasteiger partial charge in [0.25, 0.3) is 0 Å². The Hall–Kier alpha value is -2.32. The molecule has 0 bridgehead atoms. The number of rotatable bonds is 7. The number of nitrogens with zero attached hydrogens (tertiary/aromatic N) is 1. The van der Waals surface area contributed by atoms with Gasteiger partial charge in [0, 0.05) is 38.9 Å². The van der Waals surface area contributed by atoms with E-state index in [0.717, 1.165) is 25.7 Å². The second-order valence-electron chi connectivity index (χ2n) is 9.69. The lowest BCUT2D eigenvalue weighted by Crippen LogP contribution is -2.41. The van der Waals surface area contributed by atoms with E-state index in [0.29, 0.717) is 25.4 Å². The van der Waals surface area contributed by atoms with E-state index in [-0.39, 0.29) is 30.4 Å². The lowest BCUT2D eigenvalue weighted by atomic mass is 9.88. The first-order valence-electron chi connectivity index (χ1n) is 11.2. The minimum Gasteiger partial charge on any atom is -0.444 e. The number of ether oxygens (including phenoxy) is 2. The summed E-state index contributed by atoms with van der Waals surface area (Å²) in [5.41, 5.74) is -0.495. The summed E-state index contributed by atoms with van der Waals surface area (Å²) in [5.74, 6) is -0.911. The average Bonchev–Trinajstić information content (AvgIpc) is 3.02. The van der Waals surface area contributed by atoms with E-state index in [1.165, 1.54) is 6.92 Å². The van der Waals surface area contributed by atoms with Crippen molar-refractivity contribution in [2.45, 2.75) is 78.6 Å². The summed E-state index contributed by atoms with van der Waals surface area (Å²) in [6, 6.07) is 0. The third-order valence-corrected chi connectivity index (χ3v) is 5.68. The van der Waals surface area contributed by atoms with Crippen LogP contribution in [0, 0.1) is 17.8 Å². The zero-order valence-electron chi connectivity index (χ0n) is 19.4. The van der Waals surface area contributed by atoms with Crippen LogP contribution in [-0.4, -0.2) is 60.2 Å². The van der Waals surface area contributed by atoms with Gasteiger partial charge in [0.1, 0.15) is 5.60 Å². The molecule has 9 heteroatoms. The van der Waals surface area contributed by atoms with Crippen molar-refractivity contribution in [3.05, 3.63) is 0 Å². The smallest absolute Gasteiger partial charge is 0.410 e. The van der Waals surface area contributed by atoms with E-state index < -0.39 is 23.7 Å². The third kappa shape index (κ3) is 8.38. The van der Waals surface area contributed by atoms with E-state index in [9.17, 15) is 19.2 Å². The van der Waals surface area contributed by atoms with Gasteiger partial charge < -0.3 is 25.0 Å². The van der Waals surface area contributed by atoms with Crippen molar-refractivity contribution < 1.29 is 28.7 Å². The Bertz CT molecular complexity index is 667. The van der Waals surface area contributed by atoms with Crippen LogP contribution < -0.4 is 10.6 Å². The van der Waals surface area contributed by atoms with Crippen molar-refractivity contribution >= 4 is 23.9 Å². The molecular formula is C22H37N3O6. The molecule has 2 aliphatic heterocycles. The average molecular weight is 440 g/mol. The zero-order chi connectivity index (χ0) is 23.2. The molecule has 3 amide bonds. The maximum Gasteiger partial charge on any atom is 0.410 e. The molecule has 176 valence electrons. The molecule has 0 spiro atoms. The zero-order valence-corrected chi connectivity index (χ0v) is 19.4. The molecule has 0 radical (unpaired) electrons. The van der Waals surface area contributed by atoms with Gasteiger partial charge in [-0.05, 0) is 52.4 Å². The van der Waals surface area contributed by atoms with E-state index in [2.05, 4.69) is 10.6 Å². The summed E-state index contributed by atoms with van der Waals surface area (Å²) >= 11 is 0. The predicted molar refractivity (Wildman–Crippen MR) is 114 cm³/mol. The Morgan fingerprint density at radius 3 is 2.42 bits per heavy atom. The molecule has 0 aromatic heterocycles. The highest BCUT2D eigenvalue weighted by Gasteiger charge is 2.35. The highest BCUT2D eigenvalue weighted by atomic mass is 16.6. The standard InChI is InChI=1S/C22H37N3O6/c1-14(13-23-15(2)26)20(28)30-18-12-17(19(27)24-18)7-6-16-8-10-25(11-9-16)21(29)31-22(3,4)5/h14,16-18H,6-13H2,1-5H3,(H,23,26)(H,24,27)/t14?,17-,18?/m1/s1.